The van der Waals surface area contributed by atoms with Gasteiger partial charge in [-0.2, -0.15) is 8.78 Å². The van der Waals surface area contributed by atoms with Gasteiger partial charge < -0.3 is 0 Å². The quantitative estimate of drug-likeness (QED) is 0.835. The summed E-state index contributed by atoms with van der Waals surface area (Å²) in [4.78, 5) is 3.82. The Hall–Kier alpha value is -1.04. The summed E-state index contributed by atoms with van der Waals surface area (Å²) in [5, 5.41) is -0.381. The van der Waals surface area contributed by atoms with Gasteiger partial charge in [0.1, 0.15) is 5.69 Å². The molecule has 0 saturated heterocycles. The first-order chi connectivity index (χ1) is 10.00. The summed E-state index contributed by atoms with van der Waals surface area (Å²) in [6.45, 7) is 5.05. The Balaban J connectivity index is 2.13. The van der Waals surface area contributed by atoms with Crippen LogP contribution in [0, 0.1) is 5.41 Å². The van der Waals surface area contributed by atoms with E-state index < -0.39 is 15.8 Å². The van der Waals surface area contributed by atoms with Crippen molar-refractivity contribution in [2.45, 2.75) is 63.4 Å². The zero-order chi connectivity index (χ0) is 16.6. The lowest BCUT2D eigenvalue weighted by atomic mass is 9.77. The molecule has 1 aromatic heterocycles. The fraction of sp³-hybridized carbons (Fsp3) is 0.688. The molecule has 0 radical (unpaired) electrons. The molecule has 124 valence electrons. The standard InChI is InChI=1S/C16H23F2NO2S/c1-15(2)9-7-13(8-10-15)22(20,21)11-12-5-4-6-14(19-12)16(3,17)18/h4-6,13H,7-11H2,1-3H3. The summed E-state index contributed by atoms with van der Waals surface area (Å²) in [5.41, 5.74) is 0.00268. The highest BCUT2D eigenvalue weighted by molar-refractivity contribution is 7.91. The number of halogens is 2. The van der Waals surface area contributed by atoms with Crippen LogP contribution in [0.25, 0.3) is 0 Å². The predicted octanol–water partition coefficient (Wildman–Crippen LogP) is 4.08. The lowest BCUT2D eigenvalue weighted by Gasteiger charge is -2.33. The number of hydrogen-bond acceptors (Lipinski definition) is 3. The first-order valence-electron chi connectivity index (χ1n) is 7.55. The topological polar surface area (TPSA) is 47.0 Å². The second kappa shape index (κ2) is 5.87. The molecule has 22 heavy (non-hydrogen) atoms. The molecule has 0 amide bonds. The smallest absolute Gasteiger partial charge is 0.250 e. The molecule has 1 aliphatic rings. The lowest BCUT2D eigenvalue weighted by molar-refractivity contribution is 0.0126. The van der Waals surface area contributed by atoms with Gasteiger partial charge in [0.15, 0.2) is 9.84 Å². The van der Waals surface area contributed by atoms with E-state index >= 15 is 0 Å². The van der Waals surface area contributed by atoms with Crippen molar-refractivity contribution in [3.63, 3.8) is 0 Å². The van der Waals surface area contributed by atoms with Crippen molar-refractivity contribution in [2.24, 2.45) is 5.41 Å². The summed E-state index contributed by atoms with van der Waals surface area (Å²) in [6, 6.07) is 4.16. The fourth-order valence-electron chi connectivity index (χ4n) is 2.86. The summed E-state index contributed by atoms with van der Waals surface area (Å²) >= 11 is 0. The van der Waals surface area contributed by atoms with Crippen molar-refractivity contribution in [3.8, 4) is 0 Å². The Morgan fingerprint density at radius 1 is 1.27 bits per heavy atom. The molecule has 3 nitrogen and oxygen atoms in total. The monoisotopic (exact) mass is 331 g/mol. The predicted molar refractivity (Wildman–Crippen MR) is 82.5 cm³/mol. The van der Waals surface area contributed by atoms with Gasteiger partial charge in [0, 0.05) is 6.92 Å². The summed E-state index contributed by atoms with van der Waals surface area (Å²) in [5.74, 6) is -3.32. The number of pyridine rings is 1. The minimum absolute atomic E-state index is 0.189. The normalized spacial score (nSPS) is 20.0. The maximum atomic E-state index is 13.3. The van der Waals surface area contributed by atoms with Gasteiger partial charge in [0.2, 0.25) is 0 Å². The largest absolute Gasteiger partial charge is 0.286 e. The van der Waals surface area contributed by atoms with Gasteiger partial charge in [0.05, 0.1) is 16.7 Å². The van der Waals surface area contributed by atoms with E-state index in [9.17, 15) is 17.2 Å². The molecule has 1 aliphatic carbocycles. The van der Waals surface area contributed by atoms with E-state index in [0.717, 1.165) is 19.8 Å². The average molecular weight is 331 g/mol. The van der Waals surface area contributed by atoms with Crippen molar-refractivity contribution in [2.75, 3.05) is 0 Å². The zero-order valence-electron chi connectivity index (χ0n) is 13.3. The van der Waals surface area contributed by atoms with E-state index in [1.807, 2.05) is 0 Å². The lowest BCUT2D eigenvalue weighted by Crippen LogP contribution is -2.31. The molecule has 0 bridgehead atoms. The third kappa shape index (κ3) is 4.24. The van der Waals surface area contributed by atoms with Gasteiger partial charge in [0.25, 0.3) is 5.92 Å². The first kappa shape index (κ1) is 17.3. The van der Waals surface area contributed by atoms with E-state index in [1.165, 1.54) is 18.2 Å². The van der Waals surface area contributed by atoms with Gasteiger partial charge in [-0.25, -0.2) is 8.42 Å². The van der Waals surface area contributed by atoms with Crippen LogP contribution in [-0.4, -0.2) is 18.7 Å². The van der Waals surface area contributed by atoms with Gasteiger partial charge in [-0.05, 0) is 43.2 Å². The van der Waals surface area contributed by atoms with E-state index in [4.69, 9.17) is 0 Å². The van der Waals surface area contributed by atoms with Crippen LogP contribution < -0.4 is 0 Å². The molecule has 0 aromatic carbocycles. The Bertz CT molecular complexity index is 626. The number of rotatable bonds is 4. The molecule has 6 heteroatoms. The maximum absolute atomic E-state index is 13.3. The highest BCUT2D eigenvalue weighted by atomic mass is 32.2. The van der Waals surface area contributed by atoms with E-state index in [1.54, 1.807) is 0 Å². The first-order valence-corrected chi connectivity index (χ1v) is 9.27. The SMILES string of the molecule is CC1(C)CCC(S(=O)(=O)Cc2cccc(C(C)(F)F)n2)CC1. The Morgan fingerprint density at radius 3 is 2.41 bits per heavy atom. The summed E-state index contributed by atoms with van der Waals surface area (Å²) in [7, 11) is -3.36. The van der Waals surface area contributed by atoms with E-state index in [0.29, 0.717) is 12.8 Å². The zero-order valence-corrected chi connectivity index (χ0v) is 14.1. The molecule has 1 saturated carbocycles. The molecule has 0 N–H and O–H groups in total. The minimum Gasteiger partial charge on any atom is -0.250 e. The highest BCUT2D eigenvalue weighted by Crippen LogP contribution is 2.38. The van der Waals surface area contributed by atoms with Crippen LogP contribution in [0.4, 0.5) is 8.78 Å². The molecular weight excluding hydrogens is 308 g/mol. The molecule has 0 atom stereocenters. The van der Waals surface area contributed by atoms with Crippen molar-refractivity contribution in [1.82, 2.24) is 4.98 Å². The molecule has 1 aromatic rings. The number of hydrogen-bond donors (Lipinski definition) is 0. The Labute approximate surface area is 131 Å². The van der Waals surface area contributed by atoms with Crippen LogP contribution in [0.5, 0.6) is 0 Å². The van der Waals surface area contributed by atoms with Gasteiger partial charge >= 0.3 is 0 Å². The second-order valence-corrected chi connectivity index (χ2v) is 9.35. The van der Waals surface area contributed by atoms with Crippen molar-refractivity contribution < 1.29 is 17.2 Å². The van der Waals surface area contributed by atoms with Gasteiger partial charge in [-0.3, -0.25) is 4.98 Å². The van der Waals surface area contributed by atoms with Crippen molar-refractivity contribution in [3.05, 3.63) is 29.6 Å². The fourth-order valence-corrected chi connectivity index (χ4v) is 4.62. The average Bonchev–Trinajstić information content (AvgIpc) is 2.37. The Kier molecular flexibility index (Phi) is 4.62. The van der Waals surface area contributed by atoms with Crippen LogP contribution in [0.1, 0.15) is 57.8 Å². The number of sulfone groups is 1. The number of aromatic nitrogens is 1. The highest BCUT2D eigenvalue weighted by Gasteiger charge is 2.34. The number of nitrogens with zero attached hydrogens (tertiary/aromatic N) is 1. The molecule has 1 fully saturated rings. The van der Waals surface area contributed by atoms with Gasteiger partial charge in [-0.15, -0.1) is 0 Å². The molecule has 0 unspecified atom stereocenters. The summed E-state index contributed by atoms with van der Waals surface area (Å²) < 4.78 is 51.6. The molecule has 2 rings (SSSR count). The van der Waals surface area contributed by atoms with E-state index in [-0.39, 0.29) is 27.8 Å². The van der Waals surface area contributed by atoms with E-state index in [2.05, 4.69) is 18.8 Å². The third-order valence-corrected chi connectivity index (χ3v) is 6.58. The van der Waals surface area contributed by atoms with Crippen LogP contribution in [0.2, 0.25) is 0 Å². The van der Waals surface area contributed by atoms with Crippen molar-refractivity contribution in [1.29, 1.82) is 0 Å². The second-order valence-electron chi connectivity index (χ2n) is 7.07. The molecule has 0 spiro atoms. The number of alkyl halides is 2. The maximum Gasteiger partial charge on any atom is 0.286 e. The molecular formula is C16H23F2NO2S. The van der Waals surface area contributed by atoms with Crippen molar-refractivity contribution >= 4 is 9.84 Å². The molecule has 0 aliphatic heterocycles. The third-order valence-electron chi connectivity index (χ3n) is 4.40. The van der Waals surface area contributed by atoms with Crippen LogP contribution in [0.3, 0.4) is 0 Å². The van der Waals surface area contributed by atoms with Gasteiger partial charge in [-0.1, -0.05) is 19.9 Å². The van der Waals surface area contributed by atoms with Crippen LogP contribution >= 0.6 is 0 Å². The van der Waals surface area contributed by atoms with Crippen LogP contribution in [-0.2, 0) is 21.5 Å². The van der Waals surface area contributed by atoms with Crippen LogP contribution in [0.15, 0.2) is 18.2 Å². The Morgan fingerprint density at radius 2 is 1.86 bits per heavy atom. The molecule has 1 heterocycles. The minimum atomic E-state index is -3.36. The summed E-state index contributed by atoms with van der Waals surface area (Å²) in [6.07, 6.45) is 3.02.